The molecule has 1 unspecified atom stereocenters. The zero-order chi connectivity index (χ0) is 24.5. The van der Waals surface area contributed by atoms with Crippen LogP contribution in [0.5, 0.6) is 5.75 Å². The normalized spacial score (nSPS) is 15.4. The van der Waals surface area contributed by atoms with E-state index < -0.39 is 29.0 Å². The molecule has 3 rings (SSSR count). The zero-order valence-electron chi connectivity index (χ0n) is 19.9. The largest absolute Gasteiger partial charge is 0.494 e. The Balaban J connectivity index is 2.12. The number of halogens is 2. The molecular weight excluding hydrogens is 432 g/mol. The summed E-state index contributed by atoms with van der Waals surface area (Å²) in [5.41, 5.74) is 0.0594. The zero-order valence-corrected chi connectivity index (χ0v) is 19.9. The number of amides is 2. The number of imidazole rings is 1. The Morgan fingerprint density at radius 1 is 1.18 bits per heavy atom. The van der Waals surface area contributed by atoms with E-state index in [-0.39, 0.29) is 28.7 Å². The Morgan fingerprint density at radius 2 is 1.88 bits per heavy atom. The second-order valence-corrected chi connectivity index (χ2v) is 9.33. The number of hydrogen-bond donors (Lipinski definition) is 2. The first-order chi connectivity index (χ1) is 15.5. The highest BCUT2D eigenvalue weighted by atomic mass is 19.1. The first kappa shape index (κ1) is 24.6. The quantitative estimate of drug-likeness (QED) is 0.712. The number of methoxy groups -OCH3 is 1. The van der Waals surface area contributed by atoms with Gasteiger partial charge >= 0.3 is 0 Å². The average molecular weight is 464 g/mol. The first-order valence-electron chi connectivity index (χ1n) is 10.8. The summed E-state index contributed by atoms with van der Waals surface area (Å²) in [6, 6.07) is 1.19. The highest BCUT2D eigenvalue weighted by molar-refractivity contribution is 5.97. The maximum atomic E-state index is 14.9. The topological polar surface area (TPSA) is 88.5 Å². The molecule has 2 N–H and O–H groups in total. The summed E-state index contributed by atoms with van der Waals surface area (Å²) >= 11 is 0. The van der Waals surface area contributed by atoms with Gasteiger partial charge in [0.15, 0.2) is 17.3 Å². The van der Waals surface area contributed by atoms with Gasteiger partial charge in [-0.25, -0.2) is 13.8 Å². The molecule has 1 aliphatic heterocycles. The molecule has 0 bridgehead atoms. The maximum absolute atomic E-state index is 14.9. The third-order valence-electron chi connectivity index (χ3n) is 5.76. The lowest BCUT2D eigenvalue weighted by Crippen LogP contribution is -2.53. The van der Waals surface area contributed by atoms with Gasteiger partial charge in [-0.1, -0.05) is 20.8 Å². The molecule has 0 spiro atoms. The summed E-state index contributed by atoms with van der Waals surface area (Å²) in [5.74, 6) is -2.36. The number of carbonyl (C=O) groups is 2. The van der Waals surface area contributed by atoms with Crippen LogP contribution in [-0.4, -0.2) is 60.1 Å². The van der Waals surface area contributed by atoms with E-state index in [1.165, 1.54) is 14.2 Å². The summed E-state index contributed by atoms with van der Waals surface area (Å²) in [6.45, 7) is 7.18. The van der Waals surface area contributed by atoms with Gasteiger partial charge in [-0.05, 0) is 31.5 Å². The Labute approximate surface area is 192 Å². The lowest BCUT2D eigenvalue weighted by molar-refractivity contribution is -0.124. The predicted octanol–water partition coefficient (Wildman–Crippen LogP) is 2.56. The molecule has 33 heavy (non-hydrogen) atoms. The van der Waals surface area contributed by atoms with Crippen molar-refractivity contribution in [1.29, 1.82) is 0 Å². The maximum Gasteiger partial charge on any atom is 0.272 e. The summed E-state index contributed by atoms with van der Waals surface area (Å²) in [4.78, 5) is 32.3. The highest BCUT2D eigenvalue weighted by Crippen LogP contribution is 2.32. The van der Waals surface area contributed by atoms with Gasteiger partial charge in [-0.2, -0.15) is 0 Å². The number of likely N-dealkylation sites (N-methyl/N-ethyl adjacent to an activating group) is 1. The Bertz CT molecular complexity index is 1060. The van der Waals surface area contributed by atoms with Crippen LogP contribution >= 0.6 is 0 Å². The number of nitrogens with one attached hydrogen (secondary N) is 2. The van der Waals surface area contributed by atoms with E-state index in [9.17, 15) is 18.4 Å². The number of ether oxygens (including phenoxy) is 1. The molecule has 1 atom stereocenters. The Morgan fingerprint density at radius 3 is 2.48 bits per heavy atom. The molecule has 180 valence electrons. The summed E-state index contributed by atoms with van der Waals surface area (Å²) in [7, 11) is 4.68. The van der Waals surface area contributed by atoms with Crippen LogP contribution in [0.1, 0.15) is 43.4 Å². The molecule has 1 aliphatic rings. The van der Waals surface area contributed by atoms with Gasteiger partial charge in [0.2, 0.25) is 5.91 Å². The van der Waals surface area contributed by atoms with Crippen LogP contribution in [0.2, 0.25) is 0 Å². The number of aromatic nitrogens is 2. The van der Waals surface area contributed by atoms with E-state index in [2.05, 4.69) is 15.6 Å². The van der Waals surface area contributed by atoms with Crippen molar-refractivity contribution in [3.63, 3.8) is 0 Å². The lowest BCUT2D eigenvalue weighted by Gasteiger charge is -2.29. The van der Waals surface area contributed by atoms with Crippen LogP contribution in [0.25, 0.3) is 11.4 Å². The Hall–Kier alpha value is -3.01. The fourth-order valence-corrected chi connectivity index (χ4v) is 3.98. The smallest absolute Gasteiger partial charge is 0.272 e. The van der Waals surface area contributed by atoms with Crippen LogP contribution < -0.4 is 15.4 Å². The number of nitrogens with zero attached hydrogens (tertiary/aromatic N) is 3. The number of benzene rings is 1. The molecule has 2 aromatic rings. The van der Waals surface area contributed by atoms with Gasteiger partial charge in [0.1, 0.15) is 17.7 Å². The molecule has 0 aliphatic carbocycles. The minimum atomic E-state index is -0.811. The average Bonchev–Trinajstić information content (AvgIpc) is 2.97. The van der Waals surface area contributed by atoms with Crippen LogP contribution in [0, 0.1) is 17.0 Å². The molecule has 0 radical (unpaired) electrons. The number of rotatable bonds is 5. The molecule has 1 aromatic carbocycles. The third-order valence-corrected chi connectivity index (χ3v) is 5.76. The molecule has 1 aromatic heterocycles. The lowest BCUT2D eigenvalue weighted by atomic mass is 9.86. The van der Waals surface area contributed by atoms with Crippen LogP contribution in [0.3, 0.4) is 0 Å². The molecule has 10 heteroatoms. The highest BCUT2D eigenvalue weighted by Gasteiger charge is 2.35. The van der Waals surface area contributed by atoms with E-state index >= 15 is 0 Å². The molecule has 0 saturated heterocycles. The van der Waals surface area contributed by atoms with Crippen molar-refractivity contribution in [2.45, 2.75) is 46.3 Å². The molecule has 0 saturated carbocycles. The van der Waals surface area contributed by atoms with Gasteiger partial charge in [-0.3, -0.25) is 9.59 Å². The standard InChI is InChI=1S/C23H31F2N5O3/c1-23(2,3)19(22(32)26-4)28-21(31)18-16-12-29(5)8-7-9-30(16)20(27-18)13-10-15(25)17(33-6)11-14(13)24/h10-11,19H,7-9,12H2,1-6H3,(H,26,32)(H,28,31). The molecular formula is C23H31F2N5O3. The van der Waals surface area contributed by atoms with Gasteiger partial charge < -0.3 is 24.8 Å². The first-order valence-corrected chi connectivity index (χ1v) is 10.8. The summed E-state index contributed by atoms with van der Waals surface area (Å²) < 4.78 is 36.0. The van der Waals surface area contributed by atoms with Crippen molar-refractivity contribution in [2.75, 3.05) is 27.7 Å². The number of hydrogen-bond acceptors (Lipinski definition) is 5. The van der Waals surface area contributed by atoms with Crippen LogP contribution in [0.4, 0.5) is 8.78 Å². The van der Waals surface area contributed by atoms with E-state index in [0.29, 0.717) is 18.8 Å². The second kappa shape index (κ2) is 9.46. The number of carbonyl (C=O) groups excluding carboxylic acids is 2. The minimum Gasteiger partial charge on any atom is -0.494 e. The van der Waals surface area contributed by atoms with Crippen LogP contribution in [-0.2, 0) is 17.9 Å². The van der Waals surface area contributed by atoms with Crippen molar-refractivity contribution < 1.29 is 23.1 Å². The van der Waals surface area contributed by atoms with Gasteiger partial charge in [0, 0.05) is 26.2 Å². The van der Waals surface area contributed by atoms with Gasteiger partial charge in [0.25, 0.3) is 5.91 Å². The summed E-state index contributed by atoms with van der Waals surface area (Å²) in [6.07, 6.45) is 0.747. The fourth-order valence-electron chi connectivity index (χ4n) is 3.98. The van der Waals surface area contributed by atoms with Gasteiger partial charge in [-0.15, -0.1) is 0 Å². The SMILES string of the molecule is CNC(=O)C(NC(=O)c1nc(-c2cc(F)c(OC)cc2F)n2c1CN(C)CCC2)C(C)(C)C. The molecule has 0 fully saturated rings. The van der Waals surface area contributed by atoms with Crippen LogP contribution in [0.15, 0.2) is 12.1 Å². The molecule has 2 heterocycles. The Kier molecular flexibility index (Phi) is 7.06. The monoisotopic (exact) mass is 463 g/mol. The summed E-state index contributed by atoms with van der Waals surface area (Å²) in [5, 5.41) is 5.36. The van der Waals surface area contributed by atoms with Crippen molar-refractivity contribution in [3.8, 4) is 17.1 Å². The minimum absolute atomic E-state index is 0.0585. The molecule has 2 amide bonds. The predicted molar refractivity (Wildman–Crippen MR) is 120 cm³/mol. The van der Waals surface area contributed by atoms with Crippen molar-refractivity contribution in [3.05, 3.63) is 35.2 Å². The molecule has 8 nitrogen and oxygen atoms in total. The van der Waals surface area contributed by atoms with Gasteiger partial charge in [0.05, 0.1) is 18.4 Å². The van der Waals surface area contributed by atoms with E-state index in [1.54, 1.807) is 4.57 Å². The van der Waals surface area contributed by atoms with E-state index in [4.69, 9.17) is 4.74 Å². The van der Waals surface area contributed by atoms with E-state index in [0.717, 1.165) is 25.1 Å². The third kappa shape index (κ3) is 5.00. The van der Waals surface area contributed by atoms with Crippen molar-refractivity contribution in [2.24, 2.45) is 5.41 Å². The van der Waals surface area contributed by atoms with E-state index in [1.807, 2.05) is 32.7 Å². The number of fused-ring (bicyclic) bond motifs is 1. The van der Waals surface area contributed by atoms with Crippen molar-refractivity contribution >= 4 is 11.8 Å². The van der Waals surface area contributed by atoms with Crippen molar-refractivity contribution in [1.82, 2.24) is 25.1 Å². The fraction of sp³-hybridized carbons (Fsp3) is 0.522. The second-order valence-electron chi connectivity index (χ2n) is 9.33.